The van der Waals surface area contributed by atoms with E-state index >= 15 is 0 Å². The Morgan fingerprint density at radius 1 is 1.71 bits per heavy atom. The fourth-order valence-electron chi connectivity index (χ4n) is 0.748. The molecule has 0 aliphatic carbocycles. The standard InChI is InChI=1S/C5H11NS/c1-4-5(6)2-3-7-4/h4-5H,2-3,6H2,1H3. The van der Waals surface area contributed by atoms with Crippen LogP contribution >= 0.6 is 11.8 Å². The van der Waals surface area contributed by atoms with Crippen molar-refractivity contribution in [2.75, 3.05) is 5.75 Å². The zero-order chi connectivity index (χ0) is 5.28. The third-order valence-corrected chi connectivity index (χ3v) is 2.78. The van der Waals surface area contributed by atoms with Crippen LogP contribution in [0.3, 0.4) is 0 Å². The summed E-state index contributed by atoms with van der Waals surface area (Å²) in [6.07, 6.45) is 1.21. The SMILES string of the molecule is CC1SCCC1N. The molecule has 0 aromatic rings. The number of rotatable bonds is 0. The van der Waals surface area contributed by atoms with E-state index in [-0.39, 0.29) is 0 Å². The molecule has 42 valence electrons. The van der Waals surface area contributed by atoms with Gasteiger partial charge in [0.25, 0.3) is 0 Å². The molecular weight excluding hydrogens is 106 g/mol. The molecule has 0 aromatic heterocycles. The Hall–Kier alpha value is 0.310. The van der Waals surface area contributed by atoms with Gasteiger partial charge >= 0.3 is 0 Å². The molecule has 1 nitrogen and oxygen atoms in total. The minimum absolute atomic E-state index is 0.477. The molecule has 1 aliphatic rings. The lowest BCUT2D eigenvalue weighted by Gasteiger charge is -2.04. The highest BCUT2D eigenvalue weighted by atomic mass is 32.2. The highest BCUT2D eigenvalue weighted by molar-refractivity contribution is 8.00. The summed E-state index contributed by atoms with van der Waals surface area (Å²) in [5.74, 6) is 1.27. The third kappa shape index (κ3) is 1.10. The van der Waals surface area contributed by atoms with Gasteiger partial charge in [-0.3, -0.25) is 0 Å². The van der Waals surface area contributed by atoms with Gasteiger partial charge in [-0.25, -0.2) is 0 Å². The summed E-state index contributed by atoms with van der Waals surface area (Å²) in [6.45, 7) is 2.20. The van der Waals surface area contributed by atoms with Crippen molar-refractivity contribution < 1.29 is 0 Å². The minimum atomic E-state index is 0.477. The lowest BCUT2D eigenvalue weighted by atomic mass is 10.2. The van der Waals surface area contributed by atoms with Crippen LogP contribution in [0.4, 0.5) is 0 Å². The summed E-state index contributed by atoms with van der Waals surface area (Å²) in [5, 5.41) is 0.708. The number of hydrogen-bond donors (Lipinski definition) is 1. The van der Waals surface area contributed by atoms with Gasteiger partial charge in [0.1, 0.15) is 0 Å². The molecule has 1 saturated heterocycles. The molecule has 2 unspecified atom stereocenters. The summed E-state index contributed by atoms with van der Waals surface area (Å²) in [5.41, 5.74) is 5.66. The molecule has 1 aliphatic heterocycles. The van der Waals surface area contributed by atoms with Gasteiger partial charge in [0, 0.05) is 11.3 Å². The molecule has 0 bridgehead atoms. The monoisotopic (exact) mass is 117 g/mol. The molecule has 2 N–H and O–H groups in total. The predicted octanol–water partition coefficient (Wildman–Crippen LogP) is 0.839. The van der Waals surface area contributed by atoms with Crippen LogP contribution in [0.1, 0.15) is 13.3 Å². The average molecular weight is 117 g/mol. The summed E-state index contributed by atoms with van der Waals surface area (Å²) < 4.78 is 0. The molecule has 1 rings (SSSR count). The smallest absolute Gasteiger partial charge is 0.0171 e. The van der Waals surface area contributed by atoms with Gasteiger partial charge in [0.2, 0.25) is 0 Å². The van der Waals surface area contributed by atoms with E-state index in [9.17, 15) is 0 Å². The summed E-state index contributed by atoms with van der Waals surface area (Å²) in [4.78, 5) is 0. The quantitative estimate of drug-likeness (QED) is 0.509. The first-order chi connectivity index (χ1) is 3.30. The van der Waals surface area contributed by atoms with Gasteiger partial charge in [-0.15, -0.1) is 0 Å². The van der Waals surface area contributed by atoms with Gasteiger partial charge in [0.15, 0.2) is 0 Å². The van der Waals surface area contributed by atoms with Crippen LogP contribution in [0, 0.1) is 0 Å². The molecule has 2 atom stereocenters. The second-order valence-corrected chi connectivity index (χ2v) is 3.51. The lowest BCUT2D eigenvalue weighted by molar-refractivity contribution is 0.677. The molecule has 1 fully saturated rings. The van der Waals surface area contributed by atoms with E-state index in [0.717, 1.165) is 0 Å². The van der Waals surface area contributed by atoms with Crippen molar-refractivity contribution in [3.8, 4) is 0 Å². The molecule has 1 heterocycles. The van der Waals surface area contributed by atoms with Crippen LogP contribution < -0.4 is 5.73 Å². The summed E-state index contributed by atoms with van der Waals surface area (Å²) in [7, 11) is 0. The molecule has 0 spiro atoms. The molecular formula is C5H11NS. The van der Waals surface area contributed by atoms with Crippen LogP contribution in [0.15, 0.2) is 0 Å². The maximum Gasteiger partial charge on any atom is 0.0171 e. The molecule has 2 heteroatoms. The van der Waals surface area contributed by atoms with E-state index in [0.29, 0.717) is 11.3 Å². The first kappa shape index (κ1) is 5.45. The zero-order valence-corrected chi connectivity index (χ0v) is 5.37. The van der Waals surface area contributed by atoms with Crippen molar-refractivity contribution in [1.29, 1.82) is 0 Å². The van der Waals surface area contributed by atoms with Crippen molar-refractivity contribution in [1.82, 2.24) is 0 Å². The van der Waals surface area contributed by atoms with E-state index in [1.54, 1.807) is 0 Å². The fraction of sp³-hybridized carbons (Fsp3) is 1.00. The first-order valence-corrected chi connectivity index (χ1v) is 3.73. The van der Waals surface area contributed by atoms with Crippen LogP contribution in [0.2, 0.25) is 0 Å². The van der Waals surface area contributed by atoms with Gasteiger partial charge in [-0.1, -0.05) is 6.92 Å². The van der Waals surface area contributed by atoms with Gasteiger partial charge < -0.3 is 5.73 Å². The maximum atomic E-state index is 5.66. The lowest BCUT2D eigenvalue weighted by Crippen LogP contribution is -2.24. The van der Waals surface area contributed by atoms with E-state index in [2.05, 4.69) is 6.92 Å². The second-order valence-electron chi connectivity index (χ2n) is 2.03. The van der Waals surface area contributed by atoms with Gasteiger partial charge in [-0.05, 0) is 12.2 Å². The Morgan fingerprint density at radius 3 is 2.57 bits per heavy atom. The largest absolute Gasteiger partial charge is 0.327 e. The van der Waals surface area contributed by atoms with Crippen LogP contribution in [-0.2, 0) is 0 Å². The molecule has 0 radical (unpaired) electrons. The predicted molar refractivity (Wildman–Crippen MR) is 34.5 cm³/mol. The van der Waals surface area contributed by atoms with Crippen LogP contribution in [0.5, 0.6) is 0 Å². The van der Waals surface area contributed by atoms with Crippen LogP contribution in [-0.4, -0.2) is 17.0 Å². The Morgan fingerprint density at radius 2 is 2.43 bits per heavy atom. The van der Waals surface area contributed by atoms with Crippen molar-refractivity contribution in [3.05, 3.63) is 0 Å². The van der Waals surface area contributed by atoms with Gasteiger partial charge in [-0.2, -0.15) is 11.8 Å². The highest BCUT2D eigenvalue weighted by Crippen LogP contribution is 2.23. The van der Waals surface area contributed by atoms with E-state index in [4.69, 9.17) is 5.73 Å². The molecule has 7 heavy (non-hydrogen) atoms. The molecule has 0 amide bonds. The average Bonchev–Trinajstić information content (AvgIpc) is 1.91. The Balaban J connectivity index is 2.33. The minimum Gasteiger partial charge on any atom is -0.327 e. The summed E-state index contributed by atoms with van der Waals surface area (Å²) in [6, 6.07) is 0.477. The Bertz CT molecular complexity index is 57.1. The molecule has 0 saturated carbocycles. The van der Waals surface area contributed by atoms with Crippen molar-refractivity contribution in [2.45, 2.75) is 24.6 Å². The van der Waals surface area contributed by atoms with Crippen molar-refractivity contribution in [3.63, 3.8) is 0 Å². The highest BCUT2D eigenvalue weighted by Gasteiger charge is 2.18. The van der Waals surface area contributed by atoms with Crippen molar-refractivity contribution in [2.24, 2.45) is 5.73 Å². The maximum absolute atomic E-state index is 5.66. The number of hydrogen-bond acceptors (Lipinski definition) is 2. The Labute approximate surface area is 48.7 Å². The first-order valence-electron chi connectivity index (χ1n) is 2.68. The normalized spacial score (nSPS) is 42.0. The topological polar surface area (TPSA) is 26.0 Å². The third-order valence-electron chi connectivity index (χ3n) is 1.43. The fourth-order valence-corrected chi connectivity index (χ4v) is 1.91. The summed E-state index contributed by atoms with van der Waals surface area (Å²) >= 11 is 1.98. The van der Waals surface area contributed by atoms with E-state index in [1.807, 2.05) is 11.8 Å². The number of nitrogens with two attached hydrogens (primary N) is 1. The molecule has 0 aromatic carbocycles. The van der Waals surface area contributed by atoms with Crippen LogP contribution in [0.25, 0.3) is 0 Å². The second kappa shape index (κ2) is 2.05. The van der Waals surface area contributed by atoms with Crippen molar-refractivity contribution >= 4 is 11.8 Å². The van der Waals surface area contributed by atoms with Gasteiger partial charge in [0.05, 0.1) is 0 Å². The number of thioether (sulfide) groups is 1. The van der Waals surface area contributed by atoms with E-state index in [1.165, 1.54) is 12.2 Å². The zero-order valence-electron chi connectivity index (χ0n) is 4.55. The Kier molecular flexibility index (Phi) is 1.60. The van der Waals surface area contributed by atoms with E-state index < -0.39 is 0 Å².